The van der Waals surface area contributed by atoms with E-state index < -0.39 is 0 Å². The molecule has 2 bridgehead atoms. The van der Waals surface area contributed by atoms with Gasteiger partial charge in [0.25, 0.3) is 0 Å². The lowest BCUT2D eigenvalue weighted by molar-refractivity contribution is 0.0661. The molecule has 18 heavy (non-hydrogen) atoms. The zero-order valence-electron chi connectivity index (χ0n) is 9.86. The minimum Gasteiger partial charge on any atom is -0.294 e. The number of halogens is 1. The summed E-state index contributed by atoms with van der Waals surface area (Å²) in [5.74, 6) is 1.43. The lowest BCUT2D eigenvalue weighted by atomic mass is 9.67. The first kappa shape index (κ1) is 11.1. The van der Waals surface area contributed by atoms with E-state index in [-0.39, 0.29) is 23.4 Å². The van der Waals surface area contributed by atoms with Crippen molar-refractivity contribution in [2.24, 2.45) is 23.7 Å². The van der Waals surface area contributed by atoms with Gasteiger partial charge < -0.3 is 0 Å². The Morgan fingerprint density at radius 3 is 2.22 bits per heavy atom. The molecule has 0 amide bonds. The Kier molecular flexibility index (Phi) is 2.26. The third-order valence-electron chi connectivity index (χ3n) is 5.03. The third kappa shape index (κ3) is 1.29. The van der Waals surface area contributed by atoms with E-state index in [9.17, 15) is 9.59 Å². The summed E-state index contributed by atoms with van der Waals surface area (Å²) >= 11 is 2.20. The molecule has 0 spiro atoms. The van der Waals surface area contributed by atoms with Gasteiger partial charge in [-0.1, -0.05) is 0 Å². The monoisotopic (exact) mass is 352 g/mol. The van der Waals surface area contributed by atoms with Crippen LogP contribution in [0.5, 0.6) is 0 Å². The van der Waals surface area contributed by atoms with Crippen LogP contribution >= 0.6 is 22.6 Å². The van der Waals surface area contributed by atoms with Gasteiger partial charge in [0.1, 0.15) is 0 Å². The van der Waals surface area contributed by atoms with Gasteiger partial charge in [-0.25, -0.2) is 0 Å². The summed E-state index contributed by atoms with van der Waals surface area (Å²) in [6.07, 6.45) is 3.38. The van der Waals surface area contributed by atoms with Crippen LogP contribution in [0.3, 0.4) is 0 Å². The fraction of sp³-hybridized carbons (Fsp3) is 0.467. The summed E-state index contributed by atoms with van der Waals surface area (Å²) in [5.41, 5.74) is 1.36. The summed E-state index contributed by atoms with van der Waals surface area (Å²) in [4.78, 5) is 25.2. The fourth-order valence-corrected chi connectivity index (χ4v) is 4.83. The molecule has 92 valence electrons. The Morgan fingerprint density at radius 1 is 0.944 bits per heavy atom. The van der Waals surface area contributed by atoms with E-state index in [4.69, 9.17) is 0 Å². The highest BCUT2D eigenvalue weighted by Gasteiger charge is 2.56. The van der Waals surface area contributed by atoms with Crippen LogP contribution in [-0.4, -0.2) is 11.6 Å². The van der Waals surface area contributed by atoms with Crippen LogP contribution in [0.2, 0.25) is 0 Å². The molecule has 2 nitrogen and oxygen atoms in total. The van der Waals surface area contributed by atoms with Gasteiger partial charge in [0.15, 0.2) is 11.6 Å². The molecule has 0 aliphatic heterocycles. The highest BCUT2D eigenvalue weighted by atomic mass is 127. The van der Waals surface area contributed by atoms with E-state index >= 15 is 0 Å². The predicted molar refractivity (Wildman–Crippen MR) is 75.6 cm³/mol. The molecule has 4 unspecified atom stereocenters. The molecule has 2 fully saturated rings. The van der Waals surface area contributed by atoms with E-state index in [1.165, 1.54) is 0 Å². The van der Waals surface area contributed by atoms with Gasteiger partial charge in [0.05, 0.1) is 0 Å². The van der Waals surface area contributed by atoms with Gasteiger partial charge in [-0.15, -0.1) is 0 Å². The van der Waals surface area contributed by atoms with Crippen molar-refractivity contribution in [3.63, 3.8) is 0 Å². The minimum absolute atomic E-state index is 0.00181. The molecule has 1 aromatic rings. The number of hydrogen-bond donors (Lipinski definition) is 0. The smallest absolute Gasteiger partial charge is 0.167 e. The average Bonchev–Trinajstić information content (AvgIpc) is 2.96. The molecule has 0 aromatic heterocycles. The Morgan fingerprint density at radius 2 is 1.56 bits per heavy atom. The zero-order chi connectivity index (χ0) is 12.4. The summed E-state index contributed by atoms with van der Waals surface area (Å²) in [6.45, 7) is 0. The van der Waals surface area contributed by atoms with Gasteiger partial charge in [-0.2, -0.15) is 0 Å². The van der Waals surface area contributed by atoms with E-state index in [2.05, 4.69) is 22.6 Å². The normalized spacial score (nSPS) is 36.7. The fourth-order valence-electron chi connectivity index (χ4n) is 4.34. The maximum atomic E-state index is 12.6. The molecule has 0 radical (unpaired) electrons. The molecule has 4 rings (SSSR count). The van der Waals surface area contributed by atoms with Crippen molar-refractivity contribution in [3.8, 4) is 0 Å². The summed E-state index contributed by atoms with van der Waals surface area (Å²) < 4.78 is 1.04. The standard InChI is InChI=1S/C15H13IO2/c16-9-3-4-10-11(6-9)15(18)13-8-2-1-7(5-8)12(13)14(10)17/h3-4,6-8,12-13H,1-2,5H2. The predicted octanol–water partition coefficient (Wildman–Crippen LogP) is 3.33. The Bertz CT molecular complexity index is 578. The van der Waals surface area contributed by atoms with Crippen LogP contribution in [0.25, 0.3) is 0 Å². The lowest BCUT2D eigenvalue weighted by Crippen LogP contribution is -2.40. The van der Waals surface area contributed by atoms with Crippen LogP contribution in [0.4, 0.5) is 0 Å². The van der Waals surface area contributed by atoms with Crippen molar-refractivity contribution in [1.29, 1.82) is 0 Å². The van der Waals surface area contributed by atoms with Gasteiger partial charge in [0.2, 0.25) is 0 Å². The maximum Gasteiger partial charge on any atom is 0.167 e. The van der Waals surface area contributed by atoms with Crippen molar-refractivity contribution in [3.05, 3.63) is 32.9 Å². The number of rotatable bonds is 0. The van der Waals surface area contributed by atoms with Crippen molar-refractivity contribution in [2.45, 2.75) is 19.3 Å². The lowest BCUT2D eigenvalue weighted by Gasteiger charge is -2.33. The highest BCUT2D eigenvalue weighted by molar-refractivity contribution is 14.1. The van der Waals surface area contributed by atoms with Gasteiger partial charge >= 0.3 is 0 Å². The summed E-state index contributed by atoms with van der Waals surface area (Å²) in [6, 6.07) is 5.66. The first-order chi connectivity index (χ1) is 8.66. The second-order valence-corrected chi connectivity index (χ2v) is 7.05. The molecule has 2 saturated carbocycles. The summed E-state index contributed by atoms with van der Waals surface area (Å²) in [7, 11) is 0. The number of hydrogen-bond acceptors (Lipinski definition) is 2. The molecule has 0 heterocycles. The molecule has 1 aromatic carbocycles. The molecule has 3 heteroatoms. The van der Waals surface area contributed by atoms with E-state index in [0.29, 0.717) is 23.0 Å². The van der Waals surface area contributed by atoms with E-state index in [1.54, 1.807) is 0 Å². The third-order valence-corrected chi connectivity index (χ3v) is 5.71. The Balaban J connectivity index is 1.91. The quantitative estimate of drug-likeness (QED) is 0.672. The van der Waals surface area contributed by atoms with Gasteiger partial charge in [-0.05, 0) is 71.9 Å². The SMILES string of the molecule is O=C1c2ccc(I)cc2C(=O)C2C3CCC(C3)C12. The Hall–Kier alpha value is -0.710. The van der Waals surface area contributed by atoms with Crippen molar-refractivity contribution < 1.29 is 9.59 Å². The molecule has 3 aliphatic carbocycles. The number of carbonyl (C=O) groups excluding carboxylic acids is 2. The van der Waals surface area contributed by atoms with Gasteiger partial charge in [-0.3, -0.25) is 9.59 Å². The first-order valence-electron chi connectivity index (χ1n) is 6.55. The second-order valence-electron chi connectivity index (χ2n) is 5.80. The van der Waals surface area contributed by atoms with Gasteiger partial charge in [0, 0.05) is 26.5 Å². The maximum absolute atomic E-state index is 12.6. The molecular weight excluding hydrogens is 339 g/mol. The number of carbonyl (C=O) groups is 2. The van der Waals surface area contributed by atoms with Crippen LogP contribution in [0.15, 0.2) is 18.2 Å². The zero-order valence-corrected chi connectivity index (χ0v) is 12.0. The first-order valence-corrected chi connectivity index (χ1v) is 7.62. The second kappa shape index (κ2) is 3.65. The minimum atomic E-state index is 0.00181. The van der Waals surface area contributed by atoms with E-state index in [1.807, 2.05) is 18.2 Å². The van der Waals surface area contributed by atoms with Crippen molar-refractivity contribution in [2.75, 3.05) is 0 Å². The highest BCUT2D eigenvalue weighted by Crippen LogP contribution is 2.56. The average molecular weight is 352 g/mol. The molecule has 3 aliphatic rings. The number of ketones is 2. The number of fused-ring (bicyclic) bond motifs is 6. The van der Waals surface area contributed by atoms with Crippen LogP contribution in [0, 0.1) is 27.2 Å². The van der Waals surface area contributed by atoms with E-state index in [0.717, 1.165) is 22.8 Å². The topological polar surface area (TPSA) is 34.1 Å². The molecule has 0 saturated heterocycles. The summed E-state index contributed by atoms with van der Waals surface area (Å²) in [5, 5.41) is 0. The molecular formula is C15H13IO2. The van der Waals surface area contributed by atoms with Crippen LogP contribution in [-0.2, 0) is 0 Å². The van der Waals surface area contributed by atoms with Crippen molar-refractivity contribution >= 4 is 34.2 Å². The Labute approximate surface area is 119 Å². The van der Waals surface area contributed by atoms with Crippen LogP contribution < -0.4 is 0 Å². The molecule has 0 N–H and O–H groups in total. The number of benzene rings is 1. The molecule has 4 atom stereocenters. The number of Topliss-reactive ketones (excluding diaryl/α,β-unsaturated/α-hetero) is 2. The largest absolute Gasteiger partial charge is 0.294 e. The van der Waals surface area contributed by atoms with Crippen molar-refractivity contribution in [1.82, 2.24) is 0 Å². The van der Waals surface area contributed by atoms with Crippen LogP contribution in [0.1, 0.15) is 40.0 Å².